The number of aromatic nitrogens is 4. The summed E-state index contributed by atoms with van der Waals surface area (Å²) in [5, 5.41) is 0.144. The van der Waals surface area contributed by atoms with Crippen molar-refractivity contribution in [1.29, 1.82) is 0 Å². The number of H-pyrrole nitrogens is 1. The minimum atomic E-state index is -0.599. The summed E-state index contributed by atoms with van der Waals surface area (Å²) >= 11 is 0. The lowest BCUT2D eigenvalue weighted by Gasteiger charge is -2.20. The zero-order chi connectivity index (χ0) is 21.1. The van der Waals surface area contributed by atoms with Gasteiger partial charge in [0.05, 0.1) is 10.9 Å². The maximum Gasteiger partial charge on any atom is 0.329 e. The first-order valence-corrected chi connectivity index (χ1v) is 9.65. The molecule has 0 saturated carbocycles. The normalized spacial score (nSPS) is 11.2. The van der Waals surface area contributed by atoms with Crippen LogP contribution in [0.3, 0.4) is 0 Å². The van der Waals surface area contributed by atoms with Gasteiger partial charge in [-0.1, -0.05) is 26.8 Å². The quantitative estimate of drug-likeness (QED) is 0.690. The molecule has 8 heteroatoms. The highest BCUT2D eigenvalue weighted by molar-refractivity contribution is 6.05. The minimum Gasteiger partial charge on any atom is -0.337 e. The average molecular weight is 395 g/mol. The predicted molar refractivity (Wildman–Crippen MR) is 111 cm³/mol. The smallest absolute Gasteiger partial charge is 0.329 e. The minimum absolute atomic E-state index is 0.0269. The topological polar surface area (TPSA) is 101 Å². The van der Waals surface area contributed by atoms with Gasteiger partial charge >= 0.3 is 5.69 Å². The van der Waals surface area contributed by atoms with Gasteiger partial charge in [-0.15, -0.1) is 0 Å². The lowest BCUT2D eigenvalue weighted by molar-refractivity contribution is 0.0786. The van der Waals surface area contributed by atoms with Crippen molar-refractivity contribution in [2.45, 2.75) is 46.2 Å². The summed E-state index contributed by atoms with van der Waals surface area (Å²) in [6.07, 6.45) is 4.06. The van der Waals surface area contributed by atoms with Crippen molar-refractivity contribution in [3.63, 3.8) is 0 Å². The second-order valence-electron chi connectivity index (χ2n) is 7.38. The Hall–Kier alpha value is -3.29. The second kappa shape index (κ2) is 8.38. The molecule has 1 N–H and O–H groups in total. The third kappa shape index (κ3) is 4.11. The molecule has 29 heavy (non-hydrogen) atoms. The van der Waals surface area contributed by atoms with Crippen LogP contribution in [0.2, 0.25) is 0 Å². The number of nitrogens with one attached hydrogen (secondary N) is 1. The van der Waals surface area contributed by atoms with Crippen LogP contribution < -0.4 is 11.2 Å². The summed E-state index contributed by atoms with van der Waals surface area (Å²) in [5.74, 6) is -0.283. The van der Waals surface area contributed by atoms with Gasteiger partial charge in [-0.3, -0.25) is 24.1 Å². The number of aryl methyl sites for hydroxylation is 1. The van der Waals surface area contributed by atoms with Gasteiger partial charge in [0.15, 0.2) is 5.65 Å². The molecule has 0 aliphatic carbocycles. The van der Waals surface area contributed by atoms with Gasteiger partial charge < -0.3 is 4.90 Å². The van der Waals surface area contributed by atoms with E-state index in [9.17, 15) is 14.4 Å². The highest BCUT2D eigenvalue weighted by Gasteiger charge is 2.22. The Balaban J connectivity index is 2.20. The number of rotatable bonds is 6. The van der Waals surface area contributed by atoms with E-state index in [2.05, 4.69) is 15.0 Å². The van der Waals surface area contributed by atoms with Crippen molar-refractivity contribution < 1.29 is 4.79 Å². The number of pyridine rings is 2. The number of fused-ring (bicyclic) bond motifs is 1. The lowest BCUT2D eigenvalue weighted by atomic mass is 10.0. The molecule has 3 aromatic heterocycles. The van der Waals surface area contributed by atoms with Crippen molar-refractivity contribution in [2.24, 2.45) is 0 Å². The molecule has 0 spiro atoms. The molecule has 0 aliphatic heterocycles. The summed E-state index contributed by atoms with van der Waals surface area (Å²) in [6.45, 7) is 6.59. The summed E-state index contributed by atoms with van der Waals surface area (Å²) < 4.78 is 1.43. The third-order valence-electron chi connectivity index (χ3n) is 4.73. The molecular weight excluding hydrogens is 370 g/mol. The second-order valence-corrected chi connectivity index (χ2v) is 7.38. The fourth-order valence-corrected chi connectivity index (χ4v) is 3.23. The summed E-state index contributed by atoms with van der Waals surface area (Å²) in [7, 11) is 1.67. The third-order valence-corrected chi connectivity index (χ3v) is 4.73. The largest absolute Gasteiger partial charge is 0.337 e. The van der Waals surface area contributed by atoms with Gasteiger partial charge in [0.2, 0.25) is 0 Å². The van der Waals surface area contributed by atoms with Crippen LogP contribution in [0.15, 0.2) is 40.2 Å². The summed E-state index contributed by atoms with van der Waals surface area (Å²) in [4.78, 5) is 50.8. The number of hydrogen-bond donors (Lipinski definition) is 1. The zero-order valence-electron chi connectivity index (χ0n) is 17.1. The summed E-state index contributed by atoms with van der Waals surface area (Å²) in [6, 6.07) is 5.35. The lowest BCUT2D eigenvalue weighted by Crippen LogP contribution is -2.34. The van der Waals surface area contributed by atoms with Crippen molar-refractivity contribution in [2.75, 3.05) is 7.05 Å². The number of carbonyl (C=O) groups excluding carboxylic acids is 1. The Labute approximate surface area is 168 Å². The Kier molecular flexibility index (Phi) is 5.91. The van der Waals surface area contributed by atoms with Gasteiger partial charge in [-0.2, -0.15) is 0 Å². The summed E-state index contributed by atoms with van der Waals surface area (Å²) in [5.41, 5.74) is 0.923. The van der Waals surface area contributed by atoms with E-state index in [4.69, 9.17) is 0 Å². The molecule has 0 radical (unpaired) electrons. The monoisotopic (exact) mass is 395 g/mol. The molecule has 3 aromatic rings. The Bertz CT molecular complexity index is 1150. The standard InChI is InChI=1S/C21H25N5O3/c1-5-9-26-18-17(19(27)24-21(26)29)15(10-16(23-18)13(2)3)20(28)25(4)12-14-7-6-8-22-11-14/h6-8,10-11,13H,5,9,12H2,1-4H3,(H,24,27,29). The number of aromatic amines is 1. The van der Waals surface area contributed by atoms with Gasteiger partial charge in [0, 0.05) is 38.2 Å². The van der Waals surface area contributed by atoms with Crippen LogP contribution in [-0.4, -0.2) is 37.4 Å². The molecule has 0 saturated heterocycles. The number of carbonyl (C=O) groups is 1. The van der Waals surface area contributed by atoms with E-state index in [1.165, 1.54) is 9.47 Å². The van der Waals surface area contributed by atoms with Crippen LogP contribution in [0.1, 0.15) is 54.7 Å². The number of amides is 1. The highest BCUT2D eigenvalue weighted by Crippen LogP contribution is 2.21. The molecule has 0 fully saturated rings. The predicted octanol–water partition coefficient (Wildman–Crippen LogP) is 2.29. The van der Waals surface area contributed by atoms with Crippen LogP contribution in [-0.2, 0) is 13.1 Å². The van der Waals surface area contributed by atoms with E-state index in [1.807, 2.05) is 26.8 Å². The van der Waals surface area contributed by atoms with Crippen LogP contribution in [0.5, 0.6) is 0 Å². The molecule has 0 aromatic carbocycles. The number of hydrogen-bond acceptors (Lipinski definition) is 5. The maximum absolute atomic E-state index is 13.3. The van der Waals surface area contributed by atoms with E-state index >= 15 is 0 Å². The van der Waals surface area contributed by atoms with E-state index in [1.54, 1.807) is 31.6 Å². The molecule has 3 heterocycles. The fourth-order valence-electron chi connectivity index (χ4n) is 3.23. The molecule has 8 nitrogen and oxygen atoms in total. The molecular formula is C21H25N5O3. The fraction of sp³-hybridized carbons (Fsp3) is 0.381. The Morgan fingerprint density at radius 1 is 1.31 bits per heavy atom. The average Bonchev–Trinajstić information content (AvgIpc) is 2.70. The Morgan fingerprint density at radius 3 is 2.69 bits per heavy atom. The molecule has 0 bridgehead atoms. The van der Waals surface area contributed by atoms with Crippen molar-refractivity contribution in [3.8, 4) is 0 Å². The van der Waals surface area contributed by atoms with E-state index in [-0.39, 0.29) is 28.4 Å². The molecule has 3 rings (SSSR count). The zero-order valence-corrected chi connectivity index (χ0v) is 17.1. The first kappa shape index (κ1) is 20.4. The van der Waals surface area contributed by atoms with Crippen LogP contribution in [0.25, 0.3) is 11.0 Å². The molecule has 0 aliphatic rings. The van der Waals surface area contributed by atoms with Gasteiger partial charge in [-0.25, -0.2) is 9.78 Å². The molecule has 0 atom stereocenters. The Morgan fingerprint density at radius 2 is 2.07 bits per heavy atom. The van der Waals surface area contributed by atoms with E-state index < -0.39 is 11.2 Å². The van der Waals surface area contributed by atoms with Gasteiger partial charge in [-0.05, 0) is 30.0 Å². The van der Waals surface area contributed by atoms with Crippen LogP contribution in [0.4, 0.5) is 0 Å². The van der Waals surface area contributed by atoms with Crippen molar-refractivity contribution in [3.05, 3.63) is 68.3 Å². The SMILES string of the molecule is CCCn1c(=O)[nH]c(=O)c2c(C(=O)N(C)Cc3cccnc3)cc(C(C)C)nc21. The van der Waals surface area contributed by atoms with Crippen molar-refractivity contribution in [1.82, 2.24) is 24.4 Å². The van der Waals surface area contributed by atoms with Crippen LogP contribution in [0, 0.1) is 0 Å². The molecule has 1 amide bonds. The highest BCUT2D eigenvalue weighted by atomic mass is 16.2. The first-order valence-electron chi connectivity index (χ1n) is 9.65. The van der Waals surface area contributed by atoms with Crippen LogP contribution >= 0.6 is 0 Å². The first-order chi connectivity index (χ1) is 13.8. The van der Waals surface area contributed by atoms with Crippen molar-refractivity contribution >= 4 is 16.9 Å². The van der Waals surface area contributed by atoms with Gasteiger partial charge in [0.1, 0.15) is 0 Å². The number of nitrogens with zero attached hydrogens (tertiary/aromatic N) is 4. The van der Waals surface area contributed by atoms with E-state index in [0.29, 0.717) is 25.2 Å². The molecule has 0 unspecified atom stereocenters. The van der Waals surface area contributed by atoms with Gasteiger partial charge in [0.25, 0.3) is 11.5 Å². The molecule has 152 valence electrons. The maximum atomic E-state index is 13.3. The van der Waals surface area contributed by atoms with E-state index in [0.717, 1.165) is 5.56 Å².